The van der Waals surface area contributed by atoms with Gasteiger partial charge in [-0.2, -0.15) is 5.10 Å². The lowest BCUT2D eigenvalue weighted by molar-refractivity contribution is 0.00468. The lowest BCUT2D eigenvalue weighted by atomic mass is 9.98. The highest BCUT2D eigenvalue weighted by Gasteiger charge is 2.38. The number of aryl methyl sites for hydroxylation is 1. The Labute approximate surface area is 226 Å². The van der Waals surface area contributed by atoms with Crippen LogP contribution in [0.5, 0.6) is 0 Å². The molecule has 1 aliphatic rings. The van der Waals surface area contributed by atoms with Gasteiger partial charge in [0, 0.05) is 56.3 Å². The molecule has 0 bridgehead atoms. The molecule has 0 radical (unpaired) electrons. The third-order valence-corrected chi connectivity index (χ3v) is 6.82. The van der Waals surface area contributed by atoms with E-state index in [-0.39, 0.29) is 35.1 Å². The fourth-order valence-electron chi connectivity index (χ4n) is 4.72. The fraction of sp³-hybridized carbons (Fsp3) is 0.407. The van der Waals surface area contributed by atoms with Crippen molar-refractivity contribution in [2.75, 3.05) is 25.2 Å². The number of rotatable bonds is 8. The number of ketones is 1. The van der Waals surface area contributed by atoms with Gasteiger partial charge in [-0.15, -0.1) is 0 Å². The number of anilines is 1. The molecule has 0 saturated carbocycles. The van der Waals surface area contributed by atoms with Crippen molar-refractivity contribution < 1.29 is 23.5 Å². The molecule has 1 aromatic carbocycles. The normalized spacial score (nSPS) is 18.3. The number of allylic oxidation sites excluding steroid dienone is 1. The third kappa shape index (κ3) is 5.32. The van der Waals surface area contributed by atoms with Gasteiger partial charge in [-0.1, -0.05) is 18.5 Å². The zero-order valence-corrected chi connectivity index (χ0v) is 22.7. The number of ether oxygens (including phenoxy) is 2. The second-order valence-electron chi connectivity index (χ2n) is 9.00. The van der Waals surface area contributed by atoms with Gasteiger partial charge in [-0.25, -0.2) is 4.79 Å². The first-order chi connectivity index (χ1) is 18.3. The molecule has 2 atom stereocenters. The van der Waals surface area contributed by atoms with Crippen LogP contribution >= 0.6 is 11.6 Å². The van der Waals surface area contributed by atoms with Crippen LogP contribution in [0, 0.1) is 0 Å². The molecule has 38 heavy (non-hydrogen) atoms. The van der Waals surface area contributed by atoms with Crippen molar-refractivity contribution in [3.8, 4) is 0 Å². The summed E-state index contributed by atoms with van der Waals surface area (Å²) in [6.07, 6.45) is 7.38. The summed E-state index contributed by atoms with van der Waals surface area (Å²) in [5, 5.41) is 4.87. The average molecular weight is 542 g/mol. The zero-order valence-electron chi connectivity index (χ0n) is 21.9. The van der Waals surface area contributed by atoms with Gasteiger partial charge in [0.15, 0.2) is 11.3 Å². The van der Waals surface area contributed by atoms with E-state index in [1.165, 1.54) is 22.0 Å². The van der Waals surface area contributed by atoms with Crippen molar-refractivity contribution in [3.05, 3.63) is 52.6 Å². The Morgan fingerprint density at radius 2 is 2.13 bits per heavy atom. The minimum atomic E-state index is -0.580. The first kappa shape index (κ1) is 27.4. The monoisotopic (exact) mass is 541 g/mol. The van der Waals surface area contributed by atoms with E-state index >= 15 is 0 Å². The summed E-state index contributed by atoms with van der Waals surface area (Å²) in [6.45, 7) is 4.41. The predicted molar refractivity (Wildman–Crippen MR) is 147 cm³/mol. The van der Waals surface area contributed by atoms with E-state index in [9.17, 15) is 9.59 Å². The Morgan fingerprint density at radius 1 is 1.34 bits per heavy atom. The van der Waals surface area contributed by atoms with Gasteiger partial charge in [0.25, 0.3) is 0 Å². The largest absolute Gasteiger partial charge is 0.449 e. The number of aromatic nitrogens is 2. The van der Waals surface area contributed by atoms with E-state index in [1.807, 2.05) is 6.92 Å². The van der Waals surface area contributed by atoms with Crippen molar-refractivity contribution in [2.45, 2.75) is 45.3 Å². The van der Waals surface area contributed by atoms with Crippen molar-refractivity contribution in [2.24, 2.45) is 17.8 Å². The maximum absolute atomic E-state index is 13.8. The molecule has 0 spiro atoms. The number of nitrogens with zero attached hydrogens (tertiary/aromatic N) is 4. The van der Waals surface area contributed by atoms with Gasteiger partial charge in [0.2, 0.25) is 5.78 Å². The number of hydrogen-bond acceptors (Lipinski definition) is 8. The molecule has 202 valence electrons. The van der Waals surface area contributed by atoms with Gasteiger partial charge < -0.3 is 19.6 Å². The number of amides is 1. The Balaban J connectivity index is 2.01. The molecule has 1 amide bonds. The molecule has 1 aliphatic heterocycles. The van der Waals surface area contributed by atoms with E-state index < -0.39 is 11.9 Å². The summed E-state index contributed by atoms with van der Waals surface area (Å²) in [5.74, 6) is -0.456. The van der Waals surface area contributed by atoms with E-state index in [2.05, 4.69) is 10.1 Å². The first-order valence-electron chi connectivity index (χ1n) is 12.5. The second kappa shape index (κ2) is 11.8. The molecule has 3 aromatic rings. The molecular weight excluding hydrogens is 510 g/mol. The van der Waals surface area contributed by atoms with Crippen molar-refractivity contribution in [1.29, 1.82) is 0 Å². The smallest absolute Gasteiger partial charge is 0.414 e. The third-order valence-electron chi connectivity index (χ3n) is 6.54. The summed E-state index contributed by atoms with van der Waals surface area (Å²) >= 11 is 6.69. The molecule has 10 nitrogen and oxygen atoms in total. The van der Waals surface area contributed by atoms with Crippen LogP contribution in [0.1, 0.15) is 54.8 Å². The molecule has 3 heterocycles. The summed E-state index contributed by atoms with van der Waals surface area (Å²) in [5.41, 5.74) is 8.02. The molecule has 2 aromatic heterocycles. The Hall–Kier alpha value is -3.63. The van der Waals surface area contributed by atoms with Crippen LogP contribution in [-0.4, -0.2) is 60.3 Å². The highest BCUT2D eigenvalue weighted by atomic mass is 35.5. The Morgan fingerprint density at radius 3 is 2.76 bits per heavy atom. The highest BCUT2D eigenvalue weighted by Crippen LogP contribution is 2.42. The van der Waals surface area contributed by atoms with Crippen molar-refractivity contribution >= 4 is 51.9 Å². The number of furan rings is 1. The fourth-order valence-corrected chi connectivity index (χ4v) is 4.98. The second-order valence-corrected chi connectivity index (χ2v) is 9.41. The standard InChI is InChI=1S/C27H32ClN5O5/c1-5-20-11-19(7-8-37-20)33(27(35)36-6-2)23-21-9-16(17(12-29)13-30-3)10-22(28)25(21)38-26(23)24(34)18-14-31-32(4)15-18/h9-10,12-15,19-20H,5-8,11,29H2,1-4H3/t19-,20-/m0/s1. The first-order valence-corrected chi connectivity index (χ1v) is 12.9. The molecule has 0 aliphatic carbocycles. The highest BCUT2D eigenvalue weighted by molar-refractivity contribution is 6.36. The van der Waals surface area contributed by atoms with Crippen molar-refractivity contribution in [1.82, 2.24) is 9.78 Å². The van der Waals surface area contributed by atoms with Gasteiger partial charge >= 0.3 is 6.09 Å². The van der Waals surface area contributed by atoms with Crippen LogP contribution in [0.15, 0.2) is 40.1 Å². The Kier molecular flexibility index (Phi) is 8.53. The van der Waals surface area contributed by atoms with E-state index in [0.717, 1.165) is 6.42 Å². The zero-order chi connectivity index (χ0) is 27.4. The molecule has 11 heteroatoms. The van der Waals surface area contributed by atoms with Crippen LogP contribution in [0.3, 0.4) is 0 Å². The summed E-state index contributed by atoms with van der Waals surface area (Å²) in [6, 6.07) is 3.19. The van der Waals surface area contributed by atoms with Gasteiger partial charge in [-0.3, -0.25) is 19.4 Å². The molecule has 1 saturated heterocycles. The lowest BCUT2D eigenvalue weighted by Gasteiger charge is -2.36. The summed E-state index contributed by atoms with van der Waals surface area (Å²) in [4.78, 5) is 32.9. The minimum Gasteiger partial charge on any atom is -0.449 e. The SMILES string of the molecule is CCOC(=O)N(c1c(C(=O)c2cnn(C)c2)oc2c(Cl)cc(C(C=NC)=CN)cc12)[C@H]1CCO[C@@H](CC)C1. The predicted octanol–water partition coefficient (Wildman–Crippen LogP) is 4.97. The number of aliphatic imine (C=N–C) groups is 1. The molecule has 2 N–H and O–H groups in total. The van der Waals surface area contributed by atoms with E-state index in [1.54, 1.807) is 45.6 Å². The number of carbonyl (C=O) groups excluding carboxylic acids is 2. The number of nitrogens with two attached hydrogens (primary N) is 1. The topological polar surface area (TPSA) is 125 Å². The number of halogens is 1. The summed E-state index contributed by atoms with van der Waals surface area (Å²) < 4.78 is 19.1. The average Bonchev–Trinajstić information content (AvgIpc) is 3.52. The molecule has 4 rings (SSSR count). The van der Waals surface area contributed by atoms with Gasteiger partial charge in [0.05, 0.1) is 29.5 Å². The molecule has 0 unspecified atom stereocenters. The molecular formula is C27H32ClN5O5. The maximum Gasteiger partial charge on any atom is 0.414 e. The van der Waals surface area contributed by atoms with Crippen LogP contribution in [0.4, 0.5) is 10.5 Å². The number of benzene rings is 1. The van der Waals surface area contributed by atoms with Gasteiger partial charge in [-0.05, 0) is 43.9 Å². The van der Waals surface area contributed by atoms with Crippen LogP contribution < -0.4 is 10.6 Å². The van der Waals surface area contributed by atoms with Gasteiger partial charge in [0.1, 0.15) is 5.69 Å². The number of hydrogen-bond donors (Lipinski definition) is 1. The summed E-state index contributed by atoms with van der Waals surface area (Å²) in [7, 11) is 3.35. The van der Waals surface area contributed by atoms with Crippen LogP contribution in [0.2, 0.25) is 5.02 Å². The molecule has 1 fully saturated rings. The van der Waals surface area contributed by atoms with E-state index in [0.29, 0.717) is 47.2 Å². The van der Waals surface area contributed by atoms with Crippen LogP contribution in [-0.2, 0) is 16.5 Å². The number of carbonyl (C=O) groups is 2. The van der Waals surface area contributed by atoms with Crippen LogP contribution in [0.25, 0.3) is 16.5 Å². The number of fused-ring (bicyclic) bond motifs is 1. The van der Waals surface area contributed by atoms with Crippen molar-refractivity contribution in [3.63, 3.8) is 0 Å². The maximum atomic E-state index is 13.8. The quantitative estimate of drug-likeness (QED) is 0.315. The Bertz CT molecular complexity index is 1390. The minimum absolute atomic E-state index is 0.0259. The van der Waals surface area contributed by atoms with E-state index in [4.69, 9.17) is 31.2 Å². The lowest BCUT2D eigenvalue weighted by Crippen LogP contribution is -2.46.